The average molecular weight is 406 g/mol. The van der Waals surface area contributed by atoms with Crippen molar-refractivity contribution in [3.05, 3.63) is 72.2 Å². The van der Waals surface area contributed by atoms with Crippen LogP contribution < -0.4 is 10.6 Å². The largest absolute Gasteiger partial charge is 0.352 e. The first-order chi connectivity index (χ1) is 14.6. The van der Waals surface area contributed by atoms with Gasteiger partial charge >= 0.3 is 0 Å². The van der Waals surface area contributed by atoms with E-state index < -0.39 is 0 Å². The fourth-order valence-corrected chi connectivity index (χ4v) is 3.00. The molecule has 3 heterocycles. The molecule has 0 radical (unpaired) electrons. The molecule has 2 N–H and O–H groups in total. The van der Waals surface area contributed by atoms with Crippen molar-refractivity contribution in [1.82, 2.24) is 30.2 Å². The maximum atomic E-state index is 12.6. The zero-order valence-electron chi connectivity index (χ0n) is 17.0. The van der Waals surface area contributed by atoms with Gasteiger partial charge in [0.1, 0.15) is 6.33 Å². The van der Waals surface area contributed by atoms with Crippen LogP contribution in [0.4, 0.5) is 0 Å². The molecule has 0 aliphatic heterocycles. The van der Waals surface area contributed by atoms with Crippen LogP contribution in [0.1, 0.15) is 52.1 Å². The lowest BCUT2D eigenvalue weighted by Gasteiger charge is -2.11. The molecule has 0 aliphatic rings. The van der Waals surface area contributed by atoms with Crippen molar-refractivity contribution in [3.63, 3.8) is 0 Å². The zero-order valence-corrected chi connectivity index (χ0v) is 17.0. The van der Waals surface area contributed by atoms with Crippen LogP contribution in [0.2, 0.25) is 0 Å². The Hall–Kier alpha value is -3.55. The number of unbranched alkanes of at least 4 members (excludes halogenated alkanes) is 3. The van der Waals surface area contributed by atoms with Gasteiger partial charge in [-0.3, -0.25) is 19.1 Å². The number of nitrogens with zero attached hydrogens (tertiary/aromatic N) is 4. The summed E-state index contributed by atoms with van der Waals surface area (Å²) in [5.74, 6) is 0.333. The highest BCUT2D eigenvalue weighted by atomic mass is 16.2. The minimum absolute atomic E-state index is 0.101. The molecule has 3 aromatic heterocycles. The van der Waals surface area contributed by atoms with Crippen LogP contribution in [0.5, 0.6) is 0 Å². The van der Waals surface area contributed by atoms with Gasteiger partial charge in [-0.1, -0.05) is 12.8 Å². The maximum Gasteiger partial charge on any atom is 0.255 e. The van der Waals surface area contributed by atoms with E-state index in [0.29, 0.717) is 30.0 Å². The summed E-state index contributed by atoms with van der Waals surface area (Å²) in [6, 6.07) is 7.11. The van der Waals surface area contributed by atoms with Crippen molar-refractivity contribution in [1.29, 1.82) is 0 Å². The second-order valence-electron chi connectivity index (χ2n) is 6.96. The molecule has 8 heteroatoms. The van der Waals surface area contributed by atoms with Gasteiger partial charge in [0.05, 0.1) is 11.1 Å². The molecule has 3 aromatic rings. The molecule has 0 aliphatic carbocycles. The Bertz CT molecular complexity index is 957. The predicted octanol–water partition coefficient (Wildman–Crippen LogP) is 2.69. The number of aromatic nitrogens is 4. The van der Waals surface area contributed by atoms with Crippen molar-refractivity contribution in [2.75, 3.05) is 13.1 Å². The SMILES string of the molecule is Cc1ccc(C(=O)NCCCCCCNC(=O)c2cccnc2)c(-n2ccnc2)n1. The van der Waals surface area contributed by atoms with Gasteiger partial charge in [-0.2, -0.15) is 0 Å². The number of aryl methyl sites for hydroxylation is 1. The molecule has 0 saturated heterocycles. The van der Waals surface area contributed by atoms with Gasteiger partial charge in [0.2, 0.25) is 0 Å². The third-order valence-corrected chi connectivity index (χ3v) is 4.61. The Morgan fingerprint density at radius 2 is 1.70 bits per heavy atom. The number of carbonyl (C=O) groups excluding carboxylic acids is 2. The summed E-state index contributed by atoms with van der Waals surface area (Å²) < 4.78 is 1.74. The Balaban J connectivity index is 1.34. The van der Waals surface area contributed by atoms with Gasteiger partial charge in [-0.15, -0.1) is 0 Å². The molecule has 0 atom stereocenters. The predicted molar refractivity (Wildman–Crippen MR) is 113 cm³/mol. The maximum absolute atomic E-state index is 12.6. The Morgan fingerprint density at radius 3 is 2.37 bits per heavy atom. The highest BCUT2D eigenvalue weighted by Crippen LogP contribution is 2.13. The molecule has 8 nitrogen and oxygen atoms in total. The molecule has 0 spiro atoms. The third kappa shape index (κ3) is 5.97. The normalized spacial score (nSPS) is 10.6. The molecule has 0 aromatic carbocycles. The first kappa shape index (κ1) is 21.2. The fraction of sp³-hybridized carbons (Fsp3) is 0.318. The van der Waals surface area contributed by atoms with Crippen LogP contribution in [-0.2, 0) is 0 Å². The van der Waals surface area contributed by atoms with Gasteiger partial charge in [0.25, 0.3) is 11.8 Å². The molecule has 30 heavy (non-hydrogen) atoms. The van der Waals surface area contributed by atoms with Gasteiger partial charge in [0.15, 0.2) is 5.82 Å². The van der Waals surface area contributed by atoms with E-state index in [1.165, 1.54) is 0 Å². The van der Waals surface area contributed by atoms with Crippen molar-refractivity contribution in [2.24, 2.45) is 0 Å². The minimum atomic E-state index is -0.144. The molecule has 3 rings (SSSR count). The lowest BCUT2D eigenvalue weighted by atomic mass is 10.1. The second-order valence-corrected chi connectivity index (χ2v) is 6.96. The highest BCUT2D eigenvalue weighted by molar-refractivity contribution is 5.97. The molecular weight excluding hydrogens is 380 g/mol. The van der Waals surface area contributed by atoms with Gasteiger partial charge in [-0.25, -0.2) is 9.97 Å². The summed E-state index contributed by atoms with van der Waals surface area (Å²) >= 11 is 0. The van der Waals surface area contributed by atoms with E-state index in [0.717, 1.165) is 31.4 Å². The number of hydrogen-bond acceptors (Lipinski definition) is 5. The molecule has 0 bridgehead atoms. The number of hydrogen-bond donors (Lipinski definition) is 2. The molecule has 2 amide bonds. The van der Waals surface area contributed by atoms with Crippen LogP contribution in [0.3, 0.4) is 0 Å². The molecular formula is C22H26N6O2. The summed E-state index contributed by atoms with van der Waals surface area (Å²) in [7, 11) is 0. The van der Waals surface area contributed by atoms with Gasteiger partial charge < -0.3 is 10.6 Å². The first-order valence-electron chi connectivity index (χ1n) is 10.1. The summed E-state index contributed by atoms with van der Waals surface area (Å²) in [6.07, 6.45) is 12.0. The second kappa shape index (κ2) is 10.8. The van der Waals surface area contributed by atoms with Crippen molar-refractivity contribution >= 4 is 11.8 Å². The van der Waals surface area contributed by atoms with E-state index in [1.54, 1.807) is 53.9 Å². The monoisotopic (exact) mass is 406 g/mol. The van der Waals surface area contributed by atoms with Crippen LogP contribution >= 0.6 is 0 Å². The molecule has 0 saturated carbocycles. The average Bonchev–Trinajstić information content (AvgIpc) is 3.30. The third-order valence-electron chi connectivity index (χ3n) is 4.61. The highest BCUT2D eigenvalue weighted by Gasteiger charge is 2.14. The lowest BCUT2D eigenvalue weighted by molar-refractivity contribution is 0.0942. The van der Waals surface area contributed by atoms with E-state index in [2.05, 4.69) is 25.6 Å². The number of carbonyl (C=O) groups is 2. The van der Waals surface area contributed by atoms with Crippen molar-refractivity contribution in [2.45, 2.75) is 32.6 Å². The van der Waals surface area contributed by atoms with E-state index in [-0.39, 0.29) is 11.8 Å². The minimum Gasteiger partial charge on any atom is -0.352 e. The molecule has 156 valence electrons. The Labute approximate surface area is 175 Å². The summed E-state index contributed by atoms with van der Waals surface area (Å²) in [4.78, 5) is 36.9. The van der Waals surface area contributed by atoms with Crippen LogP contribution in [-0.4, -0.2) is 44.4 Å². The van der Waals surface area contributed by atoms with E-state index in [4.69, 9.17) is 0 Å². The zero-order chi connectivity index (χ0) is 21.2. The smallest absolute Gasteiger partial charge is 0.255 e. The van der Waals surface area contributed by atoms with Gasteiger partial charge in [-0.05, 0) is 44.0 Å². The Morgan fingerprint density at radius 1 is 0.933 bits per heavy atom. The number of amides is 2. The summed E-state index contributed by atoms with van der Waals surface area (Å²) in [5.41, 5.74) is 1.93. The first-order valence-corrected chi connectivity index (χ1v) is 10.1. The number of nitrogens with one attached hydrogen (secondary N) is 2. The standard InChI is InChI=1S/C22H26N6O2/c1-17-8-9-19(20(27-17)28-14-13-24-16-28)22(30)26-12-5-3-2-4-11-25-21(29)18-7-6-10-23-15-18/h6-10,13-16H,2-5,11-12H2,1H3,(H,25,29)(H,26,30). The van der Waals surface area contributed by atoms with Crippen molar-refractivity contribution < 1.29 is 9.59 Å². The van der Waals surface area contributed by atoms with Crippen molar-refractivity contribution in [3.8, 4) is 5.82 Å². The summed E-state index contributed by atoms with van der Waals surface area (Å²) in [6.45, 7) is 3.11. The number of imidazole rings is 1. The van der Waals surface area contributed by atoms with E-state index in [1.807, 2.05) is 13.0 Å². The topological polar surface area (TPSA) is 102 Å². The lowest BCUT2D eigenvalue weighted by Crippen LogP contribution is -2.26. The van der Waals surface area contributed by atoms with E-state index >= 15 is 0 Å². The quantitative estimate of drug-likeness (QED) is 0.504. The number of rotatable bonds is 10. The van der Waals surface area contributed by atoms with Crippen LogP contribution in [0, 0.1) is 6.92 Å². The fourth-order valence-electron chi connectivity index (χ4n) is 3.00. The number of pyridine rings is 2. The molecule has 0 unspecified atom stereocenters. The van der Waals surface area contributed by atoms with Crippen LogP contribution in [0.25, 0.3) is 5.82 Å². The van der Waals surface area contributed by atoms with E-state index in [9.17, 15) is 9.59 Å². The summed E-state index contributed by atoms with van der Waals surface area (Å²) in [5, 5.41) is 5.85. The van der Waals surface area contributed by atoms with Crippen LogP contribution in [0.15, 0.2) is 55.4 Å². The molecule has 0 fully saturated rings. The van der Waals surface area contributed by atoms with Gasteiger partial charge in [0, 0.05) is 43.6 Å². The Kier molecular flexibility index (Phi) is 7.65.